The number of aliphatic hydroxyl groups excluding tert-OH is 1. The molecular weight excluding hydrogens is 216 g/mol. The molecule has 98 valence electrons. The van der Waals surface area contributed by atoms with Gasteiger partial charge in [0.05, 0.1) is 11.5 Å². The van der Waals surface area contributed by atoms with Crippen LogP contribution in [-0.4, -0.2) is 36.8 Å². The first-order valence-electron chi connectivity index (χ1n) is 6.83. The van der Waals surface area contributed by atoms with E-state index in [1.165, 1.54) is 0 Å². The average Bonchev–Trinajstić information content (AvgIpc) is 2.33. The highest BCUT2D eigenvalue weighted by molar-refractivity contribution is 5.82. The number of amides is 1. The van der Waals surface area contributed by atoms with Crippen LogP contribution in [0.25, 0.3) is 0 Å². The molecule has 0 radical (unpaired) electrons. The van der Waals surface area contributed by atoms with Gasteiger partial charge in [0.15, 0.2) is 0 Å². The summed E-state index contributed by atoms with van der Waals surface area (Å²) in [4.78, 5) is 12.3. The number of aliphatic hydroxyl groups is 1. The molecule has 4 nitrogen and oxygen atoms in total. The van der Waals surface area contributed by atoms with E-state index in [4.69, 9.17) is 0 Å². The maximum atomic E-state index is 12.3. The largest absolute Gasteiger partial charge is 0.393 e. The number of hydrogen-bond donors (Lipinski definition) is 3. The highest BCUT2D eigenvalue weighted by Gasteiger charge is 2.38. The second kappa shape index (κ2) is 5.36. The van der Waals surface area contributed by atoms with E-state index >= 15 is 0 Å². The number of carbonyl (C=O) groups is 1. The van der Waals surface area contributed by atoms with Crippen molar-refractivity contribution < 1.29 is 9.90 Å². The summed E-state index contributed by atoms with van der Waals surface area (Å²) >= 11 is 0. The minimum absolute atomic E-state index is 0.129. The first-order chi connectivity index (χ1) is 8.16. The Kier molecular flexibility index (Phi) is 4.05. The number of carbonyl (C=O) groups excluding carboxylic acids is 1. The van der Waals surface area contributed by atoms with Gasteiger partial charge in [-0.3, -0.25) is 4.79 Å². The Balaban J connectivity index is 1.80. The molecule has 1 aliphatic heterocycles. The van der Waals surface area contributed by atoms with E-state index in [1.807, 2.05) is 0 Å². The molecule has 0 aromatic carbocycles. The van der Waals surface area contributed by atoms with Gasteiger partial charge in [-0.05, 0) is 51.1 Å². The Labute approximate surface area is 103 Å². The number of rotatable bonds is 4. The third-order valence-corrected chi connectivity index (χ3v) is 4.48. The van der Waals surface area contributed by atoms with Crippen molar-refractivity contribution in [2.45, 2.75) is 45.1 Å². The van der Waals surface area contributed by atoms with Gasteiger partial charge in [0.25, 0.3) is 0 Å². The van der Waals surface area contributed by atoms with Gasteiger partial charge < -0.3 is 15.7 Å². The summed E-state index contributed by atoms with van der Waals surface area (Å²) in [6.07, 6.45) is 4.39. The van der Waals surface area contributed by atoms with E-state index in [-0.39, 0.29) is 17.4 Å². The zero-order valence-electron chi connectivity index (χ0n) is 10.7. The van der Waals surface area contributed by atoms with E-state index in [0.29, 0.717) is 5.92 Å². The van der Waals surface area contributed by atoms with Crippen molar-refractivity contribution in [2.75, 3.05) is 19.6 Å². The van der Waals surface area contributed by atoms with Crippen LogP contribution >= 0.6 is 0 Å². The summed E-state index contributed by atoms with van der Waals surface area (Å²) in [6, 6.07) is 0. The molecule has 4 heteroatoms. The van der Waals surface area contributed by atoms with Gasteiger partial charge in [0.1, 0.15) is 0 Å². The summed E-state index contributed by atoms with van der Waals surface area (Å²) in [5, 5.41) is 15.6. The second-order valence-electron chi connectivity index (χ2n) is 5.59. The third kappa shape index (κ3) is 2.80. The third-order valence-electron chi connectivity index (χ3n) is 4.48. The van der Waals surface area contributed by atoms with Crippen LogP contribution in [0.1, 0.15) is 39.0 Å². The van der Waals surface area contributed by atoms with Crippen molar-refractivity contribution in [1.29, 1.82) is 0 Å². The van der Waals surface area contributed by atoms with Crippen molar-refractivity contribution in [3.63, 3.8) is 0 Å². The number of piperidine rings is 1. The SMILES string of the molecule is CCC1(C(=O)NCC2CC(O)C2)CCNCC1. The van der Waals surface area contributed by atoms with Crippen LogP contribution in [0.15, 0.2) is 0 Å². The zero-order chi connectivity index (χ0) is 12.3. The minimum atomic E-state index is -0.145. The first kappa shape index (κ1) is 12.8. The molecule has 0 spiro atoms. The molecule has 0 aromatic heterocycles. The second-order valence-corrected chi connectivity index (χ2v) is 5.59. The molecule has 0 unspecified atom stereocenters. The number of nitrogens with one attached hydrogen (secondary N) is 2. The Morgan fingerprint density at radius 3 is 2.59 bits per heavy atom. The van der Waals surface area contributed by atoms with E-state index in [1.54, 1.807) is 0 Å². The number of hydrogen-bond acceptors (Lipinski definition) is 3. The van der Waals surface area contributed by atoms with Crippen LogP contribution in [0.2, 0.25) is 0 Å². The lowest BCUT2D eigenvalue weighted by Crippen LogP contribution is -2.49. The smallest absolute Gasteiger partial charge is 0.226 e. The zero-order valence-corrected chi connectivity index (χ0v) is 10.7. The average molecular weight is 240 g/mol. The fourth-order valence-corrected chi connectivity index (χ4v) is 2.94. The van der Waals surface area contributed by atoms with E-state index in [0.717, 1.165) is 51.7 Å². The van der Waals surface area contributed by atoms with Crippen LogP contribution in [0.3, 0.4) is 0 Å². The highest BCUT2D eigenvalue weighted by atomic mass is 16.3. The molecule has 17 heavy (non-hydrogen) atoms. The molecule has 1 saturated carbocycles. The molecule has 1 heterocycles. The van der Waals surface area contributed by atoms with Crippen molar-refractivity contribution in [1.82, 2.24) is 10.6 Å². The van der Waals surface area contributed by atoms with Gasteiger partial charge in [-0.25, -0.2) is 0 Å². The summed E-state index contributed by atoms with van der Waals surface area (Å²) in [5.74, 6) is 0.715. The molecule has 0 aromatic rings. The fourth-order valence-electron chi connectivity index (χ4n) is 2.94. The molecule has 2 aliphatic rings. The molecular formula is C13H24N2O2. The first-order valence-corrected chi connectivity index (χ1v) is 6.83. The van der Waals surface area contributed by atoms with Crippen LogP contribution in [-0.2, 0) is 4.79 Å². The predicted molar refractivity (Wildman–Crippen MR) is 66.6 cm³/mol. The quantitative estimate of drug-likeness (QED) is 0.676. The van der Waals surface area contributed by atoms with E-state index < -0.39 is 0 Å². The van der Waals surface area contributed by atoms with Crippen LogP contribution in [0.5, 0.6) is 0 Å². The lowest BCUT2D eigenvalue weighted by Gasteiger charge is -2.37. The summed E-state index contributed by atoms with van der Waals surface area (Å²) < 4.78 is 0. The lowest BCUT2D eigenvalue weighted by molar-refractivity contribution is -0.133. The monoisotopic (exact) mass is 240 g/mol. The topological polar surface area (TPSA) is 61.4 Å². The molecule has 0 atom stereocenters. The van der Waals surface area contributed by atoms with Crippen LogP contribution < -0.4 is 10.6 Å². The Morgan fingerprint density at radius 2 is 2.06 bits per heavy atom. The van der Waals surface area contributed by atoms with Gasteiger partial charge in [-0.1, -0.05) is 6.92 Å². The maximum Gasteiger partial charge on any atom is 0.226 e. The van der Waals surface area contributed by atoms with E-state index in [2.05, 4.69) is 17.6 Å². The van der Waals surface area contributed by atoms with Gasteiger partial charge in [0, 0.05) is 6.54 Å². The highest BCUT2D eigenvalue weighted by Crippen LogP contribution is 2.33. The van der Waals surface area contributed by atoms with Crippen molar-refractivity contribution in [3.8, 4) is 0 Å². The Hall–Kier alpha value is -0.610. The summed E-state index contributed by atoms with van der Waals surface area (Å²) in [5.41, 5.74) is -0.145. The van der Waals surface area contributed by atoms with E-state index in [9.17, 15) is 9.90 Å². The molecule has 3 N–H and O–H groups in total. The maximum absolute atomic E-state index is 12.3. The summed E-state index contributed by atoms with van der Waals surface area (Å²) in [6.45, 7) is 4.75. The van der Waals surface area contributed by atoms with Crippen molar-refractivity contribution in [2.24, 2.45) is 11.3 Å². The lowest BCUT2D eigenvalue weighted by atomic mass is 9.75. The van der Waals surface area contributed by atoms with Crippen molar-refractivity contribution >= 4 is 5.91 Å². The van der Waals surface area contributed by atoms with Gasteiger partial charge >= 0.3 is 0 Å². The molecule has 1 aliphatic carbocycles. The van der Waals surface area contributed by atoms with Crippen LogP contribution in [0, 0.1) is 11.3 Å². The predicted octanol–water partition coefficient (Wildman–Crippen LogP) is 0.653. The summed E-state index contributed by atoms with van der Waals surface area (Å²) in [7, 11) is 0. The molecule has 1 saturated heterocycles. The Bertz CT molecular complexity index is 269. The molecule has 1 amide bonds. The van der Waals surface area contributed by atoms with Gasteiger partial charge in [0.2, 0.25) is 5.91 Å². The standard InChI is InChI=1S/C13H24N2O2/c1-2-13(3-5-14-6-4-13)12(17)15-9-10-7-11(16)8-10/h10-11,14,16H,2-9H2,1H3,(H,15,17). The molecule has 2 fully saturated rings. The Morgan fingerprint density at radius 1 is 1.41 bits per heavy atom. The molecule has 2 rings (SSSR count). The minimum Gasteiger partial charge on any atom is -0.393 e. The van der Waals surface area contributed by atoms with Gasteiger partial charge in [-0.2, -0.15) is 0 Å². The fraction of sp³-hybridized carbons (Fsp3) is 0.923. The van der Waals surface area contributed by atoms with Crippen LogP contribution in [0.4, 0.5) is 0 Å². The van der Waals surface area contributed by atoms with Crippen molar-refractivity contribution in [3.05, 3.63) is 0 Å². The van der Waals surface area contributed by atoms with Gasteiger partial charge in [-0.15, -0.1) is 0 Å². The normalized spacial score (nSPS) is 31.6. The molecule has 0 bridgehead atoms.